The van der Waals surface area contributed by atoms with Crippen LogP contribution in [0.1, 0.15) is 10.4 Å². The first-order valence-electron chi connectivity index (χ1n) is 6.26. The van der Waals surface area contributed by atoms with Crippen LogP contribution in [0.25, 0.3) is 10.6 Å². The maximum Gasteiger partial charge on any atom is 0.125 e. The lowest BCUT2D eigenvalue weighted by atomic mass is 10.2. The molecule has 1 aromatic carbocycles. The summed E-state index contributed by atoms with van der Waals surface area (Å²) in [6.07, 6.45) is 1.89. The van der Waals surface area contributed by atoms with Crippen molar-refractivity contribution in [3.63, 3.8) is 0 Å². The summed E-state index contributed by atoms with van der Waals surface area (Å²) in [5.41, 5.74) is 8.87. The molecule has 0 aliphatic heterocycles. The molecule has 0 aliphatic carbocycles. The van der Waals surface area contributed by atoms with E-state index in [1.54, 1.807) is 11.3 Å². The van der Waals surface area contributed by atoms with Gasteiger partial charge in [-0.15, -0.1) is 11.3 Å². The summed E-state index contributed by atoms with van der Waals surface area (Å²) in [6.45, 7) is 2.80. The Bertz CT molecular complexity index is 745. The Hall–Kier alpha value is -1.59. The number of aromatic nitrogens is 2. The van der Waals surface area contributed by atoms with Crippen molar-refractivity contribution >= 4 is 33.0 Å². The molecule has 0 bridgehead atoms. The van der Waals surface area contributed by atoms with Gasteiger partial charge in [-0.3, -0.25) is 4.68 Å². The zero-order valence-electron chi connectivity index (χ0n) is 11.0. The minimum atomic E-state index is 0.716. The van der Waals surface area contributed by atoms with Gasteiger partial charge in [0.25, 0.3) is 0 Å². The molecule has 5 heteroatoms. The fraction of sp³-hybridized carbons (Fsp3) is 0.133. The van der Waals surface area contributed by atoms with Crippen LogP contribution in [0.2, 0.25) is 0 Å². The number of anilines is 1. The Morgan fingerprint density at radius 2 is 2.15 bits per heavy atom. The van der Waals surface area contributed by atoms with E-state index in [-0.39, 0.29) is 0 Å². The molecule has 0 amide bonds. The minimum Gasteiger partial charge on any atom is -0.396 e. The van der Waals surface area contributed by atoms with E-state index in [9.17, 15) is 0 Å². The van der Waals surface area contributed by atoms with Gasteiger partial charge in [0.05, 0.1) is 17.1 Å². The van der Waals surface area contributed by atoms with Gasteiger partial charge in [0.15, 0.2) is 0 Å². The van der Waals surface area contributed by atoms with Gasteiger partial charge in [0, 0.05) is 15.5 Å². The molecule has 0 saturated carbocycles. The fourth-order valence-corrected chi connectivity index (χ4v) is 3.41. The second kappa shape index (κ2) is 5.42. The van der Waals surface area contributed by atoms with E-state index in [0.29, 0.717) is 6.54 Å². The lowest BCUT2D eigenvalue weighted by Crippen LogP contribution is -2.00. The van der Waals surface area contributed by atoms with Crippen LogP contribution in [-0.2, 0) is 6.54 Å². The summed E-state index contributed by atoms with van der Waals surface area (Å²) in [6, 6.07) is 12.4. The molecule has 0 atom stereocenters. The van der Waals surface area contributed by atoms with Gasteiger partial charge in [-0.05, 0) is 36.8 Å². The number of hydrogen-bond donors (Lipinski definition) is 1. The first-order chi connectivity index (χ1) is 9.61. The van der Waals surface area contributed by atoms with Crippen molar-refractivity contribution in [2.45, 2.75) is 13.5 Å². The molecule has 0 unspecified atom stereocenters. The Morgan fingerprint density at radius 3 is 2.85 bits per heavy atom. The maximum atomic E-state index is 6.08. The number of aryl methyl sites for hydroxylation is 1. The first-order valence-corrected chi connectivity index (χ1v) is 7.87. The number of hydrogen-bond acceptors (Lipinski definition) is 3. The highest BCUT2D eigenvalue weighted by atomic mass is 79.9. The quantitative estimate of drug-likeness (QED) is 0.766. The Balaban J connectivity index is 1.89. The van der Waals surface area contributed by atoms with Gasteiger partial charge < -0.3 is 5.73 Å². The van der Waals surface area contributed by atoms with Crippen LogP contribution in [0.4, 0.5) is 5.69 Å². The maximum absolute atomic E-state index is 6.08. The van der Waals surface area contributed by atoms with Crippen molar-refractivity contribution in [3.05, 3.63) is 57.5 Å². The molecule has 3 rings (SSSR count). The lowest BCUT2D eigenvalue weighted by molar-refractivity contribution is 0.689. The highest BCUT2D eigenvalue weighted by Crippen LogP contribution is 2.30. The molecule has 3 nitrogen and oxygen atoms in total. The molecule has 3 aromatic rings. The number of halogens is 1. The summed E-state index contributed by atoms with van der Waals surface area (Å²) in [4.78, 5) is 2.38. The summed E-state index contributed by atoms with van der Waals surface area (Å²) >= 11 is 5.20. The fourth-order valence-electron chi connectivity index (χ4n) is 2.09. The molecule has 0 fully saturated rings. The van der Waals surface area contributed by atoms with E-state index in [4.69, 9.17) is 5.73 Å². The molecule has 20 heavy (non-hydrogen) atoms. The molecule has 0 spiro atoms. The highest BCUT2D eigenvalue weighted by molar-refractivity contribution is 9.10. The lowest BCUT2D eigenvalue weighted by Gasteiger charge is -2.02. The number of nitrogen functional groups attached to an aromatic ring is 1. The molecule has 0 saturated heterocycles. The van der Waals surface area contributed by atoms with Gasteiger partial charge in [-0.2, -0.15) is 5.10 Å². The van der Waals surface area contributed by atoms with Crippen LogP contribution in [0.15, 0.2) is 47.1 Å². The monoisotopic (exact) mass is 347 g/mol. The number of rotatable bonds is 3. The van der Waals surface area contributed by atoms with Crippen LogP contribution in [0.5, 0.6) is 0 Å². The number of nitrogens with two attached hydrogens (primary N) is 1. The van der Waals surface area contributed by atoms with Crippen molar-refractivity contribution in [2.75, 3.05) is 5.73 Å². The molecule has 0 radical (unpaired) electrons. The Kier molecular flexibility index (Phi) is 3.63. The van der Waals surface area contributed by atoms with Gasteiger partial charge in [-0.1, -0.05) is 28.1 Å². The third-order valence-corrected chi connectivity index (χ3v) is 4.50. The second-order valence-corrected chi connectivity index (χ2v) is 6.87. The average molecular weight is 348 g/mol. The van der Waals surface area contributed by atoms with Gasteiger partial charge in [-0.25, -0.2) is 0 Å². The molecule has 0 aliphatic rings. The Morgan fingerprint density at radius 1 is 1.30 bits per heavy atom. The molecular weight excluding hydrogens is 334 g/mol. The minimum absolute atomic E-state index is 0.716. The molecule has 2 aromatic heterocycles. The summed E-state index contributed by atoms with van der Waals surface area (Å²) in [5, 5.41) is 4.61. The smallest absolute Gasteiger partial charge is 0.125 e. The zero-order chi connectivity index (χ0) is 14.1. The van der Waals surface area contributed by atoms with Gasteiger partial charge in [0.1, 0.15) is 5.69 Å². The van der Waals surface area contributed by atoms with Crippen LogP contribution in [0, 0.1) is 6.92 Å². The first kappa shape index (κ1) is 13.4. The standard InChI is InChI=1S/C15H14BrN3S/c1-10-5-6-14(20-10)15-13(17)9-19(18-15)8-11-3-2-4-12(16)7-11/h2-7,9H,8,17H2,1H3. The third-order valence-electron chi connectivity index (χ3n) is 3.00. The predicted molar refractivity (Wildman–Crippen MR) is 87.9 cm³/mol. The van der Waals surface area contributed by atoms with Crippen molar-refractivity contribution in [1.29, 1.82) is 0 Å². The summed E-state index contributed by atoms with van der Waals surface area (Å²) in [5.74, 6) is 0. The number of benzene rings is 1. The Labute approximate surface area is 130 Å². The molecular formula is C15H14BrN3S. The second-order valence-electron chi connectivity index (χ2n) is 4.67. The zero-order valence-corrected chi connectivity index (χ0v) is 13.4. The average Bonchev–Trinajstić information content (AvgIpc) is 2.96. The summed E-state index contributed by atoms with van der Waals surface area (Å²) < 4.78 is 2.96. The molecule has 2 N–H and O–H groups in total. The molecule has 102 valence electrons. The number of nitrogens with zero attached hydrogens (tertiary/aromatic N) is 2. The highest BCUT2D eigenvalue weighted by Gasteiger charge is 2.10. The van der Waals surface area contributed by atoms with E-state index < -0.39 is 0 Å². The summed E-state index contributed by atoms with van der Waals surface area (Å²) in [7, 11) is 0. The van der Waals surface area contributed by atoms with Crippen LogP contribution in [-0.4, -0.2) is 9.78 Å². The van der Waals surface area contributed by atoms with Crippen molar-refractivity contribution < 1.29 is 0 Å². The van der Waals surface area contributed by atoms with Crippen LogP contribution in [0.3, 0.4) is 0 Å². The normalized spacial score (nSPS) is 10.9. The van der Waals surface area contributed by atoms with E-state index in [1.807, 2.05) is 23.0 Å². The van der Waals surface area contributed by atoms with Crippen molar-refractivity contribution in [2.24, 2.45) is 0 Å². The van der Waals surface area contributed by atoms with Gasteiger partial charge >= 0.3 is 0 Å². The topological polar surface area (TPSA) is 43.8 Å². The van der Waals surface area contributed by atoms with E-state index in [1.165, 1.54) is 10.4 Å². The van der Waals surface area contributed by atoms with Crippen molar-refractivity contribution in [1.82, 2.24) is 9.78 Å². The van der Waals surface area contributed by atoms with E-state index >= 15 is 0 Å². The van der Waals surface area contributed by atoms with E-state index in [0.717, 1.165) is 20.7 Å². The van der Waals surface area contributed by atoms with Crippen molar-refractivity contribution in [3.8, 4) is 10.6 Å². The SMILES string of the molecule is Cc1ccc(-c2nn(Cc3cccc(Br)c3)cc2N)s1. The number of thiophene rings is 1. The predicted octanol–water partition coefficient (Wildman–Crippen LogP) is 4.31. The van der Waals surface area contributed by atoms with E-state index in [2.05, 4.69) is 52.2 Å². The molecule has 2 heterocycles. The van der Waals surface area contributed by atoms with Gasteiger partial charge in [0.2, 0.25) is 0 Å². The van der Waals surface area contributed by atoms with Crippen LogP contribution < -0.4 is 5.73 Å². The van der Waals surface area contributed by atoms with Crippen LogP contribution >= 0.6 is 27.3 Å². The third kappa shape index (κ3) is 2.78. The largest absolute Gasteiger partial charge is 0.396 e.